The predicted octanol–water partition coefficient (Wildman–Crippen LogP) is 3.18. The van der Waals surface area contributed by atoms with E-state index < -0.39 is 0 Å². The molecule has 0 unspecified atom stereocenters. The fraction of sp³-hybridized carbons (Fsp3) is 0.412. The van der Waals surface area contributed by atoms with Gasteiger partial charge >= 0.3 is 0 Å². The number of aryl methyl sites for hydroxylation is 1. The van der Waals surface area contributed by atoms with Crippen molar-refractivity contribution < 1.29 is 9.73 Å². The summed E-state index contributed by atoms with van der Waals surface area (Å²) in [6.45, 7) is 7.58. The van der Waals surface area contributed by atoms with Crippen molar-refractivity contribution >= 4 is 27.9 Å². The number of quaternary nitrogens is 1. The molecule has 2 heterocycles. The van der Waals surface area contributed by atoms with Crippen molar-refractivity contribution in [3.63, 3.8) is 0 Å². The van der Waals surface area contributed by atoms with Crippen molar-refractivity contribution in [1.82, 2.24) is 9.97 Å². The Morgan fingerprint density at radius 2 is 2.00 bits per heavy atom. The van der Waals surface area contributed by atoms with Gasteiger partial charge in [-0.05, 0) is 24.5 Å². The highest BCUT2D eigenvalue weighted by atomic mass is 16.3. The zero-order valence-corrected chi connectivity index (χ0v) is 12.9. The third-order valence-corrected chi connectivity index (χ3v) is 3.69. The van der Waals surface area contributed by atoms with E-state index in [0.717, 1.165) is 53.1 Å². The maximum absolute atomic E-state index is 5.98. The number of aromatic nitrogens is 2. The van der Waals surface area contributed by atoms with Crippen LogP contribution in [0.5, 0.6) is 0 Å². The van der Waals surface area contributed by atoms with Crippen molar-refractivity contribution in [3.8, 4) is 0 Å². The summed E-state index contributed by atoms with van der Waals surface area (Å²) in [7, 11) is 0. The van der Waals surface area contributed by atoms with Crippen LogP contribution in [-0.2, 0) is 6.42 Å². The maximum Gasteiger partial charge on any atom is 0.272 e. The molecule has 2 N–H and O–H groups in total. The van der Waals surface area contributed by atoms with Crippen molar-refractivity contribution in [2.45, 2.75) is 33.6 Å². The second-order valence-electron chi connectivity index (χ2n) is 5.83. The normalized spacial score (nSPS) is 11.8. The summed E-state index contributed by atoms with van der Waals surface area (Å²) in [5.41, 5.74) is 2.64. The number of benzene rings is 1. The van der Waals surface area contributed by atoms with Crippen LogP contribution >= 0.6 is 0 Å². The average Bonchev–Trinajstić information content (AvgIpc) is 2.85. The highest BCUT2D eigenvalue weighted by Crippen LogP contribution is 2.29. The first kappa shape index (κ1) is 14.0. The van der Waals surface area contributed by atoms with Gasteiger partial charge < -0.3 is 4.42 Å². The van der Waals surface area contributed by atoms with Gasteiger partial charge in [-0.3, -0.25) is 5.32 Å². The average molecular weight is 284 g/mol. The van der Waals surface area contributed by atoms with E-state index in [0.29, 0.717) is 5.92 Å². The standard InChI is InChI=1S/C17H21N3O/c1-4-14-19-15-12-7-5-6-8-13(12)21-16(15)17(20-14)18-10-9-11(2)3/h5-8,11H,4,9-10H2,1-3H3,(H,18,19,20)/p+1. The molecule has 4 nitrogen and oxygen atoms in total. The fourth-order valence-corrected chi connectivity index (χ4v) is 2.51. The number of hydrogen-bond donors (Lipinski definition) is 1. The van der Waals surface area contributed by atoms with E-state index in [1.54, 1.807) is 0 Å². The molecule has 3 rings (SSSR count). The molecule has 0 spiro atoms. The second-order valence-corrected chi connectivity index (χ2v) is 5.83. The van der Waals surface area contributed by atoms with Crippen molar-refractivity contribution in [2.24, 2.45) is 5.92 Å². The van der Waals surface area contributed by atoms with E-state index in [-0.39, 0.29) is 0 Å². The lowest BCUT2D eigenvalue weighted by Crippen LogP contribution is -2.78. The van der Waals surface area contributed by atoms with E-state index >= 15 is 0 Å². The Morgan fingerprint density at radius 1 is 1.19 bits per heavy atom. The highest BCUT2D eigenvalue weighted by molar-refractivity contribution is 6.04. The minimum absolute atomic E-state index is 0.694. The zero-order valence-electron chi connectivity index (χ0n) is 12.9. The van der Waals surface area contributed by atoms with Gasteiger partial charge in [0.25, 0.3) is 5.82 Å². The van der Waals surface area contributed by atoms with Gasteiger partial charge in [-0.25, -0.2) is 4.98 Å². The van der Waals surface area contributed by atoms with Crippen LogP contribution in [0.15, 0.2) is 28.7 Å². The number of nitrogens with two attached hydrogens (primary N) is 1. The quantitative estimate of drug-likeness (QED) is 0.783. The van der Waals surface area contributed by atoms with Crippen LogP contribution in [0.25, 0.3) is 22.1 Å². The molecule has 0 amide bonds. The Morgan fingerprint density at radius 3 is 2.76 bits per heavy atom. The van der Waals surface area contributed by atoms with Gasteiger partial charge in [-0.2, -0.15) is 4.98 Å². The van der Waals surface area contributed by atoms with Crippen LogP contribution in [0, 0.1) is 5.92 Å². The molecule has 0 aliphatic heterocycles. The summed E-state index contributed by atoms with van der Waals surface area (Å²) in [5.74, 6) is 2.51. The molecule has 0 fully saturated rings. The summed E-state index contributed by atoms with van der Waals surface area (Å²) in [6.07, 6.45) is 1.99. The predicted molar refractivity (Wildman–Crippen MR) is 84.6 cm³/mol. The van der Waals surface area contributed by atoms with Gasteiger partial charge in [0, 0.05) is 11.8 Å². The summed E-state index contributed by atoms with van der Waals surface area (Å²) in [6, 6.07) is 8.06. The monoisotopic (exact) mass is 284 g/mol. The van der Waals surface area contributed by atoms with Crippen LogP contribution in [-0.4, -0.2) is 16.5 Å². The number of hydrogen-bond acceptors (Lipinski definition) is 3. The molecular weight excluding hydrogens is 262 g/mol. The summed E-state index contributed by atoms with van der Waals surface area (Å²) in [4.78, 5) is 9.31. The molecule has 2 aromatic heterocycles. The first-order chi connectivity index (χ1) is 10.2. The third kappa shape index (κ3) is 2.76. The van der Waals surface area contributed by atoms with Crippen molar-refractivity contribution in [2.75, 3.05) is 6.54 Å². The highest BCUT2D eigenvalue weighted by Gasteiger charge is 2.17. The van der Waals surface area contributed by atoms with E-state index in [2.05, 4.69) is 42.1 Å². The third-order valence-electron chi connectivity index (χ3n) is 3.69. The summed E-state index contributed by atoms with van der Waals surface area (Å²) in [5, 5.41) is 3.26. The number of rotatable bonds is 5. The first-order valence-electron chi connectivity index (χ1n) is 7.70. The van der Waals surface area contributed by atoms with E-state index in [1.165, 1.54) is 0 Å². The Bertz CT molecular complexity index is 761. The maximum atomic E-state index is 5.98. The molecule has 0 radical (unpaired) electrons. The van der Waals surface area contributed by atoms with E-state index in [1.807, 2.05) is 18.2 Å². The molecular formula is C17H22N3O+. The summed E-state index contributed by atoms with van der Waals surface area (Å²) >= 11 is 0. The molecule has 110 valence electrons. The zero-order chi connectivity index (χ0) is 14.8. The molecule has 4 heteroatoms. The Labute approximate surface area is 124 Å². The molecule has 21 heavy (non-hydrogen) atoms. The Balaban J connectivity index is 2.08. The molecule has 0 aliphatic rings. The molecule has 0 saturated heterocycles. The smallest absolute Gasteiger partial charge is 0.272 e. The van der Waals surface area contributed by atoms with Gasteiger partial charge in [0.15, 0.2) is 0 Å². The van der Waals surface area contributed by atoms with E-state index in [9.17, 15) is 0 Å². The molecule has 0 atom stereocenters. The Hall–Kier alpha value is -1.94. The lowest BCUT2D eigenvalue weighted by Gasteiger charge is -2.04. The number of nitrogens with zero attached hydrogens (tertiary/aromatic N) is 2. The molecule has 0 bridgehead atoms. The van der Waals surface area contributed by atoms with Gasteiger partial charge in [-0.15, -0.1) is 0 Å². The van der Waals surface area contributed by atoms with E-state index in [4.69, 9.17) is 4.42 Å². The largest absolute Gasteiger partial charge is 0.446 e. The lowest BCUT2D eigenvalue weighted by atomic mass is 10.1. The van der Waals surface area contributed by atoms with Crippen LogP contribution in [0.2, 0.25) is 0 Å². The summed E-state index contributed by atoms with van der Waals surface area (Å²) < 4.78 is 5.98. The molecule has 3 aromatic rings. The van der Waals surface area contributed by atoms with Gasteiger partial charge in [0.05, 0.1) is 6.54 Å². The topological polar surface area (TPSA) is 55.5 Å². The number of furan rings is 1. The first-order valence-corrected chi connectivity index (χ1v) is 7.70. The number of para-hydroxylation sites is 1. The van der Waals surface area contributed by atoms with Gasteiger partial charge in [0.2, 0.25) is 5.58 Å². The van der Waals surface area contributed by atoms with Crippen molar-refractivity contribution in [1.29, 1.82) is 0 Å². The Kier molecular flexibility index (Phi) is 3.88. The van der Waals surface area contributed by atoms with Gasteiger partial charge in [-0.1, -0.05) is 32.9 Å². The fourth-order valence-electron chi connectivity index (χ4n) is 2.51. The minimum Gasteiger partial charge on any atom is -0.446 e. The number of fused-ring (bicyclic) bond motifs is 3. The van der Waals surface area contributed by atoms with Gasteiger partial charge in [0.1, 0.15) is 16.9 Å². The lowest BCUT2D eigenvalue weighted by molar-refractivity contribution is -0.575. The van der Waals surface area contributed by atoms with Crippen molar-refractivity contribution in [3.05, 3.63) is 30.1 Å². The van der Waals surface area contributed by atoms with Crippen LogP contribution < -0.4 is 5.32 Å². The van der Waals surface area contributed by atoms with Crippen LogP contribution in [0.4, 0.5) is 5.82 Å². The molecule has 1 aromatic carbocycles. The SMILES string of the molecule is CCc1nc([NH2+]CCC(C)C)c2oc3ccccc3c2n1. The van der Waals surface area contributed by atoms with Crippen LogP contribution in [0.1, 0.15) is 33.0 Å². The van der Waals surface area contributed by atoms with Crippen LogP contribution in [0.3, 0.4) is 0 Å². The second kappa shape index (κ2) is 5.82. The minimum atomic E-state index is 0.694. The molecule has 0 aliphatic carbocycles. The molecule has 0 saturated carbocycles.